The minimum atomic E-state index is -0.908. The Morgan fingerprint density at radius 1 is 0.708 bits per heavy atom. The minimum Gasteiger partial charge on any atom is -0.478 e. The summed E-state index contributed by atoms with van der Waals surface area (Å²) in [7, 11) is 0. The maximum absolute atomic E-state index is 10.2. The van der Waals surface area contributed by atoms with Gasteiger partial charge in [-0.25, -0.2) is 4.79 Å². The van der Waals surface area contributed by atoms with Crippen molar-refractivity contribution in [2.24, 2.45) is 0 Å². The van der Waals surface area contributed by atoms with E-state index in [9.17, 15) is 4.79 Å². The molecule has 0 saturated heterocycles. The van der Waals surface area contributed by atoms with Crippen LogP contribution in [0.3, 0.4) is 0 Å². The second-order valence-corrected chi connectivity index (χ2v) is 5.54. The fraction of sp³-hybridized carbons (Fsp3) is 0.409. The number of aliphatic carboxylic acids is 1. The Labute approximate surface area is 147 Å². The molecule has 24 heavy (non-hydrogen) atoms. The highest BCUT2D eigenvalue weighted by Gasteiger charge is 1.87. The lowest BCUT2D eigenvalue weighted by Crippen LogP contribution is -1.84. The third-order valence-corrected chi connectivity index (χ3v) is 3.31. The molecule has 0 atom stereocenters. The molecule has 2 nitrogen and oxygen atoms in total. The molecule has 0 aromatic rings. The summed E-state index contributed by atoms with van der Waals surface area (Å²) >= 11 is 0. The van der Waals surface area contributed by atoms with Crippen molar-refractivity contribution in [2.75, 3.05) is 0 Å². The lowest BCUT2D eigenvalue weighted by atomic mass is 10.1. The van der Waals surface area contributed by atoms with E-state index in [0.717, 1.165) is 6.08 Å². The van der Waals surface area contributed by atoms with Gasteiger partial charge in [-0.1, -0.05) is 106 Å². The molecule has 0 aliphatic heterocycles. The first-order valence-corrected chi connectivity index (χ1v) is 8.98. The van der Waals surface area contributed by atoms with Crippen molar-refractivity contribution < 1.29 is 9.90 Å². The molecule has 132 valence electrons. The maximum atomic E-state index is 10.2. The molecule has 0 unspecified atom stereocenters. The number of carboxylic acid groups (broad SMARTS) is 1. The number of hydrogen-bond donors (Lipinski definition) is 1. The van der Waals surface area contributed by atoms with Crippen molar-refractivity contribution in [2.45, 2.75) is 58.3 Å². The highest BCUT2D eigenvalue weighted by atomic mass is 16.4. The summed E-state index contributed by atoms with van der Waals surface area (Å²) < 4.78 is 0. The van der Waals surface area contributed by atoms with Crippen molar-refractivity contribution in [3.05, 3.63) is 72.9 Å². The van der Waals surface area contributed by atoms with Crippen molar-refractivity contribution >= 4 is 5.97 Å². The van der Waals surface area contributed by atoms with Gasteiger partial charge in [0.05, 0.1) is 0 Å². The zero-order valence-corrected chi connectivity index (χ0v) is 14.9. The van der Waals surface area contributed by atoms with Gasteiger partial charge in [-0.15, -0.1) is 0 Å². The largest absolute Gasteiger partial charge is 0.478 e. The SMILES string of the molecule is CCCCCCCC/C=C\C=CC=CC=CC=CCC=CC(=O)O. The molecular formula is C22H32O2. The normalized spacial score (nSPS) is 13.0. The topological polar surface area (TPSA) is 37.3 Å². The standard InChI is InChI=1S/C22H32O2/c1-2-3-4-5-6-7-8-9-10-11-12-13-14-15-16-17-18-19-20-21-22(23)24/h9-18,20-21H,2-8,19H2,1H3,(H,23,24)/b10-9-,12-11?,14-13?,16-15?,18-17?,21-20?. The second kappa shape index (κ2) is 19.0. The van der Waals surface area contributed by atoms with Crippen LogP contribution in [0.1, 0.15) is 58.3 Å². The van der Waals surface area contributed by atoms with Gasteiger partial charge in [0.15, 0.2) is 0 Å². The van der Waals surface area contributed by atoms with Crippen LogP contribution in [0.4, 0.5) is 0 Å². The van der Waals surface area contributed by atoms with Gasteiger partial charge in [-0.3, -0.25) is 0 Å². The number of carbonyl (C=O) groups is 1. The lowest BCUT2D eigenvalue weighted by molar-refractivity contribution is -0.131. The third kappa shape index (κ3) is 19.9. The molecule has 0 saturated carbocycles. The van der Waals surface area contributed by atoms with Gasteiger partial charge in [0.25, 0.3) is 0 Å². The highest BCUT2D eigenvalue weighted by Crippen LogP contribution is 2.07. The summed E-state index contributed by atoms with van der Waals surface area (Å²) in [6.45, 7) is 2.25. The zero-order valence-electron chi connectivity index (χ0n) is 14.9. The molecule has 1 N–H and O–H groups in total. The van der Waals surface area contributed by atoms with Crippen molar-refractivity contribution in [3.8, 4) is 0 Å². The first-order valence-electron chi connectivity index (χ1n) is 8.98. The Bertz CT molecular complexity index is 462. The van der Waals surface area contributed by atoms with E-state index in [1.54, 1.807) is 6.08 Å². The maximum Gasteiger partial charge on any atom is 0.327 e. The summed E-state index contributed by atoms with van der Waals surface area (Å²) in [5, 5.41) is 8.41. The van der Waals surface area contributed by atoms with Crippen LogP contribution < -0.4 is 0 Å². The Morgan fingerprint density at radius 3 is 1.88 bits per heavy atom. The molecule has 0 aromatic carbocycles. The van der Waals surface area contributed by atoms with Gasteiger partial charge < -0.3 is 5.11 Å². The van der Waals surface area contributed by atoms with Gasteiger partial charge in [0.1, 0.15) is 0 Å². The Morgan fingerprint density at radius 2 is 1.25 bits per heavy atom. The summed E-state index contributed by atoms with van der Waals surface area (Å²) in [5.41, 5.74) is 0. The minimum absolute atomic E-state index is 0.629. The van der Waals surface area contributed by atoms with E-state index >= 15 is 0 Å². The fourth-order valence-electron chi connectivity index (χ4n) is 2.01. The zero-order chi connectivity index (χ0) is 17.7. The molecule has 0 spiro atoms. The van der Waals surface area contributed by atoms with Crippen LogP contribution in [0, 0.1) is 0 Å². The summed E-state index contributed by atoms with van der Waals surface area (Å²) in [4.78, 5) is 10.2. The Balaban J connectivity index is 3.59. The predicted molar refractivity (Wildman–Crippen MR) is 105 cm³/mol. The van der Waals surface area contributed by atoms with Crippen LogP contribution in [0.15, 0.2) is 72.9 Å². The van der Waals surface area contributed by atoms with E-state index in [0.29, 0.717) is 6.42 Å². The predicted octanol–water partition coefficient (Wildman–Crippen LogP) is 6.55. The van der Waals surface area contributed by atoms with Crippen LogP contribution in [-0.2, 0) is 4.79 Å². The van der Waals surface area contributed by atoms with Gasteiger partial charge in [0, 0.05) is 6.08 Å². The van der Waals surface area contributed by atoms with E-state index in [1.807, 2.05) is 48.6 Å². The molecule has 0 aliphatic carbocycles. The lowest BCUT2D eigenvalue weighted by Gasteiger charge is -1.97. The van der Waals surface area contributed by atoms with Gasteiger partial charge in [-0.2, -0.15) is 0 Å². The van der Waals surface area contributed by atoms with Crippen LogP contribution in [0.2, 0.25) is 0 Å². The van der Waals surface area contributed by atoms with Crippen molar-refractivity contribution in [1.29, 1.82) is 0 Å². The molecule has 2 heteroatoms. The average Bonchev–Trinajstić information content (AvgIpc) is 2.56. The Kier molecular flexibility index (Phi) is 17.3. The van der Waals surface area contributed by atoms with Crippen LogP contribution >= 0.6 is 0 Å². The van der Waals surface area contributed by atoms with Crippen molar-refractivity contribution in [1.82, 2.24) is 0 Å². The average molecular weight is 328 g/mol. The summed E-state index contributed by atoms with van der Waals surface area (Å²) in [6.07, 6.45) is 32.7. The molecular weight excluding hydrogens is 296 g/mol. The van der Waals surface area contributed by atoms with E-state index in [4.69, 9.17) is 5.11 Å². The molecule has 0 aromatic heterocycles. The van der Waals surface area contributed by atoms with Crippen molar-refractivity contribution in [3.63, 3.8) is 0 Å². The van der Waals surface area contributed by atoms with Gasteiger partial charge in [-0.05, 0) is 19.3 Å². The number of carboxylic acids is 1. The van der Waals surface area contributed by atoms with Crippen LogP contribution in [0.25, 0.3) is 0 Å². The fourth-order valence-corrected chi connectivity index (χ4v) is 2.01. The molecule has 0 aliphatic rings. The monoisotopic (exact) mass is 328 g/mol. The molecule has 0 heterocycles. The first-order chi connectivity index (χ1) is 11.8. The second-order valence-electron chi connectivity index (χ2n) is 5.54. The van der Waals surface area contributed by atoms with Crippen LogP contribution in [-0.4, -0.2) is 11.1 Å². The van der Waals surface area contributed by atoms with E-state index in [2.05, 4.69) is 19.1 Å². The van der Waals surface area contributed by atoms with Gasteiger partial charge in [0.2, 0.25) is 0 Å². The van der Waals surface area contributed by atoms with E-state index in [1.165, 1.54) is 44.9 Å². The Hall–Kier alpha value is -2.09. The summed E-state index contributed by atoms with van der Waals surface area (Å²) in [5.74, 6) is -0.908. The number of hydrogen-bond acceptors (Lipinski definition) is 1. The van der Waals surface area contributed by atoms with E-state index in [-0.39, 0.29) is 0 Å². The first kappa shape index (κ1) is 21.9. The third-order valence-electron chi connectivity index (χ3n) is 3.31. The molecule has 0 rings (SSSR count). The number of allylic oxidation sites excluding steroid dienone is 11. The summed E-state index contributed by atoms with van der Waals surface area (Å²) in [6, 6.07) is 0. The van der Waals surface area contributed by atoms with Gasteiger partial charge >= 0.3 is 5.97 Å². The number of unbranched alkanes of at least 4 members (excludes halogenated alkanes) is 6. The quantitative estimate of drug-likeness (QED) is 0.223. The molecule has 0 fully saturated rings. The highest BCUT2D eigenvalue weighted by molar-refractivity contribution is 5.79. The smallest absolute Gasteiger partial charge is 0.327 e. The molecule has 0 bridgehead atoms. The molecule has 0 amide bonds. The molecule has 0 radical (unpaired) electrons. The number of rotatable bonds is 14. The van der Waals surface area contributed by atoms with Crippen LogP contribution in [0.5, 0.6) is 0 Å². The van der Waals surface area contributed by atoms with E-state index < -0.39 is 5.97 Å².